The van der Waals surface area contributed by atoms with Crippen LogP contribution in [0.4, 0.5) is 18.9 Å². The van der Waals surface area contributed by atoms with Crippen LogP contribution in [0.5, 0.6) is 0 Å². The lowest BCUT2D eigenvalue weighted by atomic mass is 10.1. The summed E-state index contributed by atoms with van der Waals surface area (Å²) >= 11 is 0. The molecule has 1 N–H and O–H groups in total. The summed E-state index contributed by atoms with van der Waals surface area (Å²) in [6.07, 6.45) is -2.78. The van der Waals surface area contributed by atoms with Crippen molar-refractivity contribution in [2.24, 2.45) is 0 Å². The number of rotatable bonds is 2. The van der Waals surface area contributed by atoms with Gasteiger partial charge in [-0.25, -0.2) is 0 Å². The number of carbonyl (C=O) groups is 1. The molecule has 2 aromatic rings. The minimum absolute atomic E-state index is 0.256. The maximum Gasteiger partial charge on any atom is 0.417 e. The first-order chi connectivity index (χ1) is 9.30. The summed E-state index contributed by atoms with van der Waals surface area (Å²) in [5, 5.41) is 5.96. The Balaban J connectivity index is 2.36. The van der Waals surface area contributed by atoms with Crippen LogP contribution in [-0.2, 0) is 6.18 Å². The number of amides is 1. The third-order valence-electron chi connectivity index (χ3n) is 2.64. The molecule has 0 aliphatic rings. The van der Waals surface area contributed by atoms with Crippen molar-refractivity contribution >= 4 is 11.6 Å². The summed E-state index contributed by atoms with van der Waals surface area (Å²) in [4.78, 5) is 15.5. The highest BCUT2D eigenvalue weighted by molar-refractivity contribution is 6.05. The molecular weight excluding hydrogens is 275 g/mol. The Morgan fingerprint density at radius 3 is 2.60 bits per heavy atom. The molecule has 1 amide bonds. The van der Waals surface area contributed by atoms with Gasteiger partial charge in [-0.15, -0.1) is 0 Å². The third kappa shape index (κ3) is 2.63. The lowest BCUT2D eigenvalue weighted by Crippen LogP contribution is -2.19. The van der Waals surface area contributed by atoms with E-state index in [9.17, 15) is 18.0 Å². The number of nitrogens with zero attached hydrogens (tertiary/aromatic N) is 2. The van der Waals surface area contributed by atoms with Crippen molar-refractivity contribution in [2.75, 3.05) is 5.32 Å². The molecule has 0 bridgehead atoms. The van der Waals surface area contributed by atoms with Crippen molar-refractivity contribution in [3.8, 4) is 0 Å². The number of halogens is 3. The molecule has 0 aromatic carbocycles. The van der Waals surface area contributed by atoms with Crippen molar-refractivity contribution in [1.29, 1.82) is 0 Å². The zero-order chi connectivity index (χ0) is 14.9. The Kier molecular flexibility index (Phi) is 3.47. The first-order valence-electron chi connectivity index (χ1n) is 5.56. The molecule has 8 heteroatoms. The maximum absolute atomic E-state index is 12.8. The molecular formula is C12H10F3N3O2. The van der Waals surface area contributed by atoms with E-state index in [0.717, 1.165) is 18.5 Å². The van der Waals surface area contributed by atoms with Crippen LogP contribution in [-0.4, -0.2) is 16.0 Å². The van der Waals surface area contributed by atoms with E-state index in [1.54, 1.807) is 13.8 Å². The fraction of sp³-hybridized carbons (Fsp3) is 0.250. The van der Waals surface area contributed by atoms with Gasteiger partial charge in [0.15, 0.2) is 5.76 Å². The Morgan fingerprint density at radius 2 is 2.05 bits per heavy atom. The number of hydrogen-bond donors (Lipinski definition) is 1. The Bertz CT molecular complexity index is 630. The van der Waals surface area contributed by atoms with Crippen molar-refractivity contribution < 1.29 is 22.5 Å². The molecule has 0 aliphatic carbocycles. The number of alkyl halides is 3. The second kappa shape index (κ2) is 4.95. The molecule has 2 aromatic heterocycles. The van der Waals surface area contributed by atoms with Gasteiger partial charge in [0.05, 0.1) is 11.1 Å². The van der Waals surface area contributed by atoms with E-state index in [1.807, 2.05) is 0 Å². The monoisotopic (exact) mass is 285 g/mol. The van der Waals surface area contributed by atoms with Gasteiger partial charge in [-0.05, 0) is 19.9 Å². The van der Waals surface area contributed by atoms with Gasteiger partial charge in [-0.2, -0.15) is 13.2 Å². The van der Waals surface area contributed by atoms with Gasteiger partial charge in [0.1, 0.15) is 11.4 Å². The molecule has 0 saturated heterocycles. The number of anilines is 1. The first kappa shape index (κ1) is 14.0. The molecule has 2 rings (SSSR count). The van der Waals surface area contributed by atoms with Crippen LogP contribution in [0.3, 0.4) is 0 Å². The van der Waals surface area contributed by atoms with Gasteiger partial charge in [0, 0.05) is 12.4 Å². The lowest BCUT2D eigenvalue weighted by molar-refractivity contribution is -0.137. The van der Waals surface area contributed by atoms with Gasteiger partial charge in [0.25, 0.3) is 5.91 Å². The molecule has 5 nitrogen and oxygen atoms in total. The summed E-state index contributed by atoms with van der Waals surface area (Å²) in [7, 11) is 0. The number of aromatic nitrogens is 2. The van der Waals surface area contributed by atoms with Crippen LogP contribution in [0.25, 0.3) is 0 Å². The van der Waals surface area contributed by atoms with E-state index in [4.69, 9.17) is 4.52 Å². The van der Waals surface area contributed by atoms with Crippen molar-refractivity contribution in [1.82, 2.24) is 10.1 Å². The largest absolute Gasteiger partial charge is 0.417 e. The molecule has 20 heavy (non-hydrogen) atoms. The third-order valence-corrected chi connectivity index (χ3v) is 2.64. The van der Waals surface area contributed by atoms with Gasteiger partial charge in [0.2, 0.25) is 0 Å². The molecule has 0 saturated carbocycles. The normalized spacial score (nSPS) is 11.4. The maximum atomic E-state index is 12.8. The predicted octanol–water partition coefficient (Wildman–Crippen LogP) is 2.96. The van der Waals surface area contributed by atoms with E-state index in [2.05, 4.69) is 15.5 Å². The van der Waals surface area contributed by atoms with Gasteiger partial charge >= 0.3 is 6.18 Å². The Hall–Kier alpha value is -2.38. The van der Waals surface area contributed by atoms with Crippen molar-refractivity contribution in [2.45, 2.75) is 20.0 Å². The molecule has 2 heterocycles. The van der Waals surface area contributed by atoms with E-state index in [0.29, 0.717) is 11.5 Å². The van der Waals surface area contributed by atoms with E-state index < -0.39 is 23.2 Å². The molecule has 0 atom stereocenters. The average Bonchev–Trinajstić information content (AvgIpc) is 2.69. The first-order valence-corrected chi connectivity index (χ1v) is 5.56. The summed E-state index contributed by atoms with van der Waals surface area (Å²) in [5.41, 5.74) is -0.961. The fourth-order valence-electron chi connectivity index (χ4n) is 1.66. The van der Waals surface area contributed by atoms with Gasteiger partial charge in [-0.3, -0.25) is 9.78 Å². The van der Waals surface area contributed by atoms with Crippen LogP contribution >= 0.6 is 0 Å². The smallest absolute Gasteiger partial charge is 0.359 e. The molecule has 0 spiro atoms. The second-order valence-corrected chi connectivity index (χ2v) is 4.07. The highest BCUT2D eigenvalue weighted by Gasteiger charge is 2.35. The van der Waals surface area contributed by atoms with Crippen LogP contribution in [0.15, 0.2) is 23.0 Å². The summed E-state index contributed by atoms with van der Waals surface area (Å²) in [5.74, 6) is -0.604. The van der Waals surface area contributed by atoms with Gasteiger partial charge in [-0.1, -0.05) is 5.16 Å². The zero-order valence-corrected chi connectivity index (χ0v) is 10.6. The highest BCUT2D eigenvalue weighted by Crippen LogP contribution is 2.32. The fourth-order valence-corrected chi connectivity index (χ4v) is 1.66. The Labute approximate surface area is 111 Å². The summed E-state index contributed by atoms with van der Waals surface area (Å²) in [6.45, 7) is 3.11. The molecule has 106 valence electrons. The molecule has 0 radical (unpaired) electrons. The minimum atomic E-state index is -4.63. The minimum Gasteiger partial charge on any atom is -0.359 e. The molecule has 0 fully saturated rings. The summed E-state index contributed by atoms with van der Waals surface area (Å²) in [6, 6.07) is 0.752. The standard InChI is InChI=1S/C12H10F3N3O2/c1-6-10(7(2)20-18-6)17-11(19)8-5-16-4-3-9(8)12(13,14)15/h3-5H,1-2H3,(H,17,19). The van der Waals surface area contributed by atoms with Crippen molar-refractivity contribution in [3.05, 3.63) is 41.0 Å². The van der Waals surface area contributed by atoms with E-state index >= 15 is 0 Å². The van der Waals surface area contributed by atoms with E-state index in [-0.39, 0.29) is 5.69 Å². The number of nitrogens with one attached hydrogen (secondary N) is 1. The lowest BCUT2D eigenvalue weighted by Gasteiger charge is -2.11. The van der Waals surface area contributed by atoms with Crippen molar-refractivity contribution in [3.63, 3.8) is 0 Å². The zero-order valence-electron chi connectivity index (χ0n) is 10.6. The quantitative estimate of drug-likeness (QED) is 0.921. The van der Waals surface area contributed by atoms with Crippen LogP contribution < -0.4 is 5.32 Å². The number of pyridine rings is 1. The predicted molar refractivity (Wildman–Crippen MR) is 63.2 cm³/mol. The highest BCUT2D eigenvalue weighted by atomic mass is 19.4. The topological polar surface area (TPSA) is 68.0 Å². The number of hydrogen-bond acceptors (Lipinski definition) is 4. The van der Waals surface area contributed by atoms with Gasteiger partial charge < -0.3 is 9.84 Å². The number of aryl methyl sites for hydroxylation is 2. The molecule has 0 aliphatic heterocycles. The van der Waals surface area contributed by atoms with Crippen LogP contribution in [0, 0.1) is 13.8 Å². The molecule has 0 unspecified atom stereocenters. The van der Waals surface area contributed by atoms with Crippen LogP contribution in [0.2, 0.25) is 0 Å². The SMILES string of the molecule is Cc1noc(C)c1NC(=O)c1cnccc1C(F)(F)F. The second-order valence-electron chi connectivity index (χ2n) is 4.07. The Morgan fingerprint density at radius 1 is 1.35 bits per heavy atom. The van der Waals surface area contributed by atoms with Crippen LogP contribution in [0.1, 0.15) is 27.4 Å². The number of carbonyl (C=O) groups excluding carboxylic acids is 1. The average molecular weight is 285 g/mol. The van der Waals surface area contributed by atoms with E-state index in [1.165, 1.54) is 0 Å². The summed E-state index contributed by atoms with van der Waals surface area (Å²) < 4.78 is 43.2.